The Balaban J connectivity index is 2.26. The molecule has 0 saturated heterocycles. The van der Waals surface area contributed by atoms with Crippen LogP contribution in [0.25, 0.3) is 21.5 Å². The molecule has 0 spiro atoms. The summed E-state index contributed by atoms with van der Waals surface area (Å²) in [6, 6.07) is 17.3. The van der Waals surface area contributed by atoms with Crippen molar-refractivity contribution in [1.29, 1.82) is 0 Å². The highest BCUT2D eigenvalue weighted by Gasteiger charge is 2.34. The number of hydrogen-bond donors (Lipinski definition) is 0. The highest BCUT2D eigenvalue weighted by atomic mass is 32.2. The van der Waals surface area contributed by atoms with E-state index in [0.717, 1.165) is 0 Å². The van der Waals surface area contributed by atoms with Crippen LogP contribution in [0.2, 0.25) is 0 Å². The summed E-state index contributed by atoms with van der Waals surface area (Å²) in [5.41, 5.74) is 2.79. The molecule has 1 aliphatic heterocycles. The van der Waals surface area contributed by atoms with Crippen LogP contribution < -0.4 is 4.31 Å². The summed E-state index contributed by atoms with van der Waals surface area (Å²) in [5, 5.41) is 5.46. The smallest absolute Gasteiger partial charge is 0.0857 e. The van der Waals surface area contributed by atoms with Crippen molar-refractivity contribution in [2.24, 2.45) is 0 Å². The summed E-state index contributed by atoms with van der Waals surface area (Å²) in [6.45, 7) is 0. The molecule has 0 N–H and O–H groups in total. The zero-order chi connectivity index (χ0) is 11.4. The van der Waals surface area contributed by atoms with Crippen molar-refractivity contribution in [3.05, 3.63) is 48.5 Å². The van der Waals surface area contributed by atoms with Gasteiger partial charge in [-0.2, -0.15) is 0 Å². The van der Waals surface area contributed by atoms with E-state index in [1.807, 2.05) is 0 Å². The number of fused-ring (bicyclic) bond motifs is 6. The van der Waals surface area contributed by atoms with E-state index in [4.69, 9.17) is 0 Å². The molecule has 0 fully saturated rings. The number of hydrogen-bond acceptors (Lipinski definition) is 2. The van der Waals surface area contributed by atoms with E-state index < -0.39 is 0 Å². The third kappa shape index (κ3) is 1.11. The maximum Gasteiger partial charge on any atom is 0.0857 e. The van der Waals surface area contributed by atoms with Gasteiger partial charge in [0.1, 0.15) is 0 Å². The van der Waals surface area contributed by atoms with Crippen molar-refractivity contribution < 1.29 is 0 Å². The van der Waals surface area contributed by atoms with Crippen molar-refractivity contribution in [3.8, 4) is 0 Å². The Morgan fingerprint density at radius 2 is 1.12 bits per heavy atom. The minimum atomic E-state index is 1.36. The average Bonchev–Trinajstić information content (AvgIpc) is 3.14. The van der Waals surface area contributed by atoms with Gasteiger partial charge >= 0.3 is 0 Å². The first-order valence-electron chi connectivity index (χ1n) is 5.69. The van der Waals surface area contributed by atoms with E-state index in [0.29, 0.717) is 0 Å². The Morgan fingerprint density at radius 1 is 0.706 bits per heavy atom. The van der Waals surface area contributed by atoms with Crippen LogP contribution in [0.1, 0.15) is 0 Å². The van der Waals surface area contributed by atoms with Crippen molar-refractivity contribution >= 4 is 44.9 Å². The number of benzene rings is 3. The van der Waals surface area contributed by atoms with Crippen LogP contribution >= 0.6 is 11.9 Å². The molecule has 0 aromatic heterocycles. The Hall–Kier alpha value is -1.67. The Labute approximate surface area is 104 Å². The SMILES string of the molecule is CSN1c2c1c1ccccc1c1ccccc21. The van der Waals surface area contributed by atoms with Gasteiger partial charge in [-0.15, -0.1) is 0 Å². The number of rotatable bonds is 1. The second-order valence-corrected chi connectivity index (χ2v) is 5.00. The van der Waals surface area contributed by atoms with Crippen LogP contribution in [0.5, 0.6) is 0 Å². The zero-order valence-electron chi connectivity index (χ0n) is 9.47. The molecule has 0 bridgehead atoms. The largest absolute Gasteiger partial charge is 0.279 e. The summed E-state index contributed by atoms with van der Waals surface area (Å²) < 4.78 is 2.32. The highest BCUT2D eigenvalue weighted by molar-refractivity contribution is 8.00. The van der Waals surface area contributed by atoms with Gasteiger partial charge in [0.05, 0.1) is 11.4 Å². The van der Waals surface area contributed by atoms with E-state index in [1.54, 1.807) is 11.9 Å². The molecule has 0 aliphatic carbocycles. The second-order valence-electron chi connectivity index (χ2n) is 4.27. The molecule has 0 amide bonds. The molecule has 3 aromatic carbocycles. The minimum absolute atomic E-state index is 1.36. The zero-order valence-corrected chi connectivity index (χ0v) is 10.3. The Kier molecular flexibility index (Phi) is 1.75. The van der Waals surface area contributed by atoms with E-state index in [9.17, 15) is 0 Å². The molecular formula is C15H11NS. The topological polar surface area (TPSA) is 3.01 Å². The molecular weight excluding hydrogens is 226 g/mol. The van der Waals surface area contributed by atoms with E-state index in [-0.39, 0.29) is 0 Å². The van der Waals surface area contributed by atoms with Crippen LogP contribution in [0.4, 0.5) is 11.4 Å². The highest BCUT2D eigenvalue weighted by Crippen LogP contribution is 2.60. The molecule has 4 rings (SSSR count). The summed E-state index contributed by atoms with van der Waals surface area (Å²) in [7, 11) is 0. The first-order chi connectivity index (χ1) is 8.42. The van der Waals surface area contributed by atoms with Gasteiger partial charge in [0.2, 0.25) is 0 Å². The fourth-order valence-corrected chi connectivity index (χ4v) is 3.35. The second kappa shape index (κ2) is 3.17. The third-order valence-electron chi connectivity index (χ3n) is 3.42. The first-order valence-corrected chi connectivity index (χ1v) is 6.87. The molecule has 0 unspecified atom stereocenters. The lowest BCUT2D eigenvalue weighted by atomic mass is 10.0. The fraction of sp³-hybridized carbons (Fsp3) is 0.0667. The van der Waals surface area contributed by atoms with Crippen LogP contribution in [-0.4, -0.2) is 6.26 Å². The molecule has 3 aromatic rings. The molecule has 82 valence electrons. The van der Waals surface area contributed by atoms with Gasteiger partial charge in [-0.1, -0.05) is 48.5 Å². The lowest BCUT2D eigenvalue weighted by Gasteiger charge is -1.99. The van der Waals surface area contributed by atoms with Crippen molar-refractivity contribution in [2.45, 2.75) is 0 Å². The molecule has 1 aliphatic rings. The molecule has 1 nitrogen and oxygen atoms in total. The number of nitrogens with zero attached hydrogens (tertiary/aromatic N) is 1. The van der Waals surface area contributed by atoms with Gasteiger partial charge < -0.3 is 0 Å². The summed E-state index contributed by atoms with van der Waals surface area (Å²) in [6.07, 6.45) is 2.13. The van der Waals surface area contributed by atoms with Gasteiger partial charge in [-0.05, 0) is 22.7 Å². The minimum Gasteiger partial charge on any atom is -0.279 e. The molecule has 1 heterocycles. The quantitative estimate of drug-likeness (QED) is 0.342. The van der Waals surface area contributed by atoms with Crippen molar-refractivity contribution in [2.75, 3.05) is 10.6 Å². The van der Waals surface area contributed by atoms with Crippen LogP contribution in [-0.2, 0) is 0 Å². The predicted octanol–water partition coefficient (Wildman–Crippen LogP) is 4.72. The normalized spacial score (nSPS) is 13.1. The summed E-state index contributed by atoms with van der Waals surface area (Å²) >= 11 is 1.78. The van der Waals surface area contributed by atoms with Crippen molar-refractivity contribution in [1.82, 2.24) is 0 Å². The summed E-state index contributed by atoms with van der Waals surface area (Å²) in [5.74, 6) is 0. The molecule has 0 radical (unpaired) electrons. The van der Waals surface area contributed by atoms with Crippen LogP contribution in [0.15, 0.2) is 48.5 Å². The van der Waals surface area contributed by atoms with Gasteiger partial charge in [0, 0.05) is 17.0 Å². The summed E-state index contributed by atoms with van der Waals surface area (Å²) in [4.78, 5) is 0. The first kappa shape index (κ1) is 9.37. The van der Waals surface area contributed by atoms with E-state index >= 15 is 0 Å². The number of anilines is 2. The monoisotopic (exact) mass is 237 g/mol. The lowest BCUT2D eigenvalue weighted by molar-refractivity contribution is 1.81. The molecule has 0 atom stereocenters. The molecule has 0 saturated carbocycles. The van der Waals surface area contributed by atoms with Gasteiger partial charge in [0.15, 0.2) is 0 Å². The van der Waals surface area contributed by atoms with Crippen LogP contribution in [0.3, 0.4) is 0 Å². The van der Waals surface area contributed by atoms with E-state index in [2.05, 4.69) is 59.1 Å². The third-order valence-corrected chi connectivity index (χ3v) is 4.15. The average molecular weight is 237 g/mol. The molecule has 2 heteroatoms. The van der Waals surface area contributed by atoms with E-state index in [1.165, 1.54) is 32.9 Å². The van der Waals surface area contributed by atoms with Crippen LogP contribution in [0, 0.1) is 0 Å². The maximum absolute atomic E-state index is 2.32. The van der Waals surface area contributed by atoms with Gasteiger partial charge in [0.25, 0.3) is 0 Å². The van der Waals surface area contributed by atoms with Gasteiger partial charge in [-0.3, -0.25) is 4.31 Å². The Morgan fingerprint density at radius 3 is 1.53 bits per heavy atom. The van der Waals surface area contributed by atoms with Gasteiger partial charge in [-0.25, -0.2) is 0 Å². The Bertz CT molecular complexity index is 686. The predicted molar refractivity (Wildman–Crippen MR) is 77.1 cm³/mol. The standard InChI is InChI=1S/C15H11NS/c1-17-16-14-12-8-4-2-6-10(12)11-7-3-5-9-13(11)15(14)16/h2-9H,1H3. The fourth-order valence-electron chi connectivity index (χ4n) is 2.66. The maximum atomic E-state index is 2.32. The lowest BCUT2D eigenvalue weighted by Crippen LogP contribution is -1.78. The molecule has 17 heavy (non-hydrogen) atoms. The van der Waals surface area contributed by atoms with Crippen molar-refractivity contribution in [3.63, 3.8) is 0 Å².